The number of anilines is 1. The van der Waals surface area contributed by atoms with Gasteiger partial charge in [0.1, 0.15) is 11.5 Å². The van der Waals surface area contributed by atoms with Crippen molar-refractivity contribution in [3.05, 3.63) is 64.4 Å². The van der Waals surface area contributed by atoms with Gasteiger partial charge in [-0.1, -0.05) is 0 Å². The maximum absolute atomic E-state index is 14.6. The van der Waals surface area contributed by atoms with Gasteiger partial charge in [-0.2, -0.15) is 0 Å². The zero-order chi connectivity index (χ0) is 22.4. The number of benzene rings is 1. The predicted molar refractivity (Wildman–Crippen MR) is 119 cm³/mol. The number of amides is 2. The van der Waals surface area contributed by atoms with Gasteiger partial charge in [0, 0.05) is 51.0 Å². The number of hydrogen-bond acceptors (Lipinski definition) is 4. The number of rotatable bonds is 3. The average Bonchev–Trinajstić information content (AvgIpc) is 3.07. The van der Waals surface area contributed by atoms with E-state index < -0.39 is 5.82 Å². The molecule has 1 N–H and O–H groups in total. The molecular weight excluding hydrogens is 409 g/mol. The standard InChI is InChI=1S/C24H26FN5O2/c1-15-5-6-30-21(16(2)26-22(30)11-15)14-28-7-9-29(10-8-28)24(32)18-12-17-3-4-23(31)27-20(17)13-19(18)25/h5-6,11-13H,3-4,7-10,14H2,1-2H3,(H,27,31). The maximum atomic E-state index is 14.6. The van der Waals surface area contributed by atoms with E-state index in [1.165, 1.54) is 11.6 Å². The number of aryl methyl sites for hydroxylation is 3. The smallest absolute Gasteiger partial charge is 0.256 e. The van der Waals surface area contributed by atoms with Crippen LogP contribution >= 0.6 is 0 Å². The highest BCUT2D eigenvalue weighted by Gasteiger charge is 2.27. The Morgan fingerprint density at radius 1 is 1.12 bits per heavy atom. The SMILES string of the molecule is Cc1ccn2c(CN3CCN(C(=O)c4cc5c(cc4F)NC(=O)CC5)CC3)c(C)nc2c1. The molecule has 0 unspecified atom stereocenters. The van der Waals surface area contributed by atoms with E-state index in [1.807, 2.05) is 6.92 Å². The summed E-state index contributed by atoms with van der Waals surface area (Å²) in [6, 6.07) is 7.02. The number of imidazole rings is 1. The highest BCUT2D eigenvalue weighted by molar-refractivity contribution is 5.98. The normalized spacial score (nSPS) is 16.8. The summed E-state index contributed by atoms with van der Waals surface area (Å²) in [6.07, 6.45) is 2.93. The second-order valence-corrected chi connectivity index (χ2v) is 8.68. The molecule has 2 aliphatic rings. The highest BCUT2D eigenvalue weighted by atomic mass is 19.1. The number of hydrogen-bond donors (Lipinski definition) is 1. The van der Waals surface area contributed by atoms with Gasteiger partial charge in [0.25, 0.3) is 5.91 Å². The van der Waals surface area contributed by atoms with E-state index >= 15 is 0 Å². The van der Waals surface area contributed by atoms with Crippen LogP contribution in [0, 0.1) is 19.7 Å². The first-order valence-corrected chi connectivity index (χ1v) is 11.0. The van der Waals surface area contributed by atoms with Crippen LogP contribution in [0.5, 0.6) is 0 Å². The van der Waals surface area contributed by atoms with Crippen molar-refractivity contribution in [2.75, 3.05) is 31.5 Å². The van der Waals surface area contributed by atoms with Crippen LogP contribution in [-0.2, 0) is 17.8 Å². The van der Waals surface area contributed by atoms with Gasteiger partial charge in [0.2, 0.25) is 5.91 Å². The van der Waals surface area contributed by atoms with Crippen molar-refractivity contribution in [2.24, 2.45) is 0 Å². The van der Waals surface area contributed by atoms with E-state index in [4.69, 9.17) is 0 Å². The Kier molecular flexibility index (Phi) is 5.17. The number of piperazine rings is 1. The number of carbonyl (C=O) groups excluding carboxylic acids is 2. The van der Waals surface area contributed by atoms with E-state index in [2.05, 4.69) is 44.9 Å². The molecule has 0 bridgehead atoms. The average molecular weight is 436 g/mol. The van der Waals surface area contributed by atoms with Gasteiger partial charge in [-0.3, -0.25) is 14.5 Å². The van der Waals surface area contributed by atoms with Crippen LogP contribution in [0.25, 0.3) is 5.65 Å². The molecule has 3 aromatic rings. The van der Waals surface area contributed by atoms with Gasteiger partial charge in [-0.15, -0.1) is 0 Å². The van der Waals surface area contributed by atoms with Gasteiger partial charge in [0.15, 0.2) is 0 Å². The monoisotopic (exact) mass is 435 g/mol. The molecule has 7 nitrogen and oxygen atoms in total. The van der Waals surface area contributed by atoms with Crippen LogP contribution in [0.1, 0.15) is 39.3 Å². The number of carbonyl (C=O) groups is 2. The second-order valence-electron chi connectivity index (χ2n) is 8.68. The summed E-state index contributed by atoms with van der Waals surface area (Å²) in [4.78, 5) is 33.3. The number of nitrogens with zero attached hydrogens (tertiary/aromatic N) is 4. The lowest BCUT2D eigenvalue weighted by Gasteiger charge is -2.35. The van der Waals surface area contributed by atoms with Gasteiger partial charge < -0.3 is 14.6 Å². The lowest BCUT2D eigenvalue weighted by Crippen LogP contribution is -2.48. The molecule has 0 spiro atoms. The molecule has 4 heterocycles. The molecule has 32 heavy (non-hydrogen) atoms. The zero-order valence-corrected chi connectivity index (χ0v) is 18.3. The topological polar surface area (TPSA) is 70.0 Å². The Morgan fingerprint density at radius 2 is 1.91 bits per heavy atom. The Hall–Kier alpha value is -3.26. The number of halogens is 1. The van der Waals surface area contributed by atoms with Crippen LogP contribution in [-0.4, -0.2) is 57.2 Å². The minimum atomic E-state index is -0.588. The number of aromatic nitrogens is 2. The van der Waals surface area contributed by atoms with Crippen LogP contribution in [0.4, 0.5) is 10.1 Å². The van der Waals surface area contributed by atoms with Crippen molar-refractivity contribution in [1.82, 2.24) is 19.2 Å². The van der Waals surface area contributed by atoms with E-state index in [1.54, 1.807) is 11.0 Å². The molecule has 166 valence electrons. The molecule has 2 aliphatic heterocycles. The third-order valence-corrected chi connectivity index (χ3v) is 6.43. The summed E-state index contributed by atoms with van der Waals surface area (Å²) in [6.45, 7) is 7.35. The van der Waals surface area contributed by atoms with Gasteiger partial charge in [0.05, 0.1) is 17.0 Å². The predicted octanol–water partition coefficient (Wildman–Crippen LogP) is 2.93. The van der Waals surface area contributed by atoms with E-state index in [9.17, 15) is 14.0 Å². The van der Waals surface area contributed by atoms with Crippen LogP contribution in [0.15, 0.2) is 30.5 Å². The van der Waals surface area contributed by atoms with Crippen molar-refractivity contribution >= 4 is 23.1 Å². The summed E-state index contributed by atoms with van der Waals surface area (Å²) in [7, 11) is 0. The van der Waals surface area contributed by atoms with Gasteiger partial charge >= 0.3 is 0 Å². The molecule has 1 saturated heterocycles. The van der Waals surface area contributed by atoms with Crippen molar-refractivity contribution in [3.63, 3.8) is 0 Å². The largest absolute Gasteiger partial charge is 0.336 e. The number of pyridine rings is 1. The van der Waals surface area contributed by atoms with Crippen LogP contribution in [0.3, 0.4) is 0 Å². The fourth-order valence-electron chi connectivity index (χ4n) is 4.56. The molecule has 5 rings (SSSR count). The minimum Gasteiger partial charge on any atom is -0.336 e. The number of fused-ring (bicyclic) bond motifs is 2. The van der Waals surface area contributed by atoms with E-state index in [0.29, 0.717) is 44.7 Å². The van der Waals surface area contributed by atoms with Gasteiger partial charge in [-0.25, -0.2) is 9.37 Å². The summed E-state index contributed by atoms with van der Waals surface area (Å²) < 4.78 is 16.8. The van der Waals surface area contributed by atoms with Crippen molar-refractivity contribution in [3.8, 4) is 0 Å². The Balaban J connectivity index is 1.27. The first-order chi connectivity index (χ1) is 15.4. The maximum Gasteiger partial charge on any atom is 0.256 e. The summed E-state index contributed by atoms with van der Waals surface area (Å²) in [5.74, 6) is -0.998. The lowest BCUT2D eigenvalue weighted by molar-refractivity contribution is -0.116. The molecule has 8 heteroatoms. The highest BCUT2D eigenvalue weighted by Crippen LogP contribution is 2.27. The third-order valence-electron chi connectivity index (χ3n) is 6.43. The first kappa shape index (κ1) is 20.6. The molecule has 2 aromatic heterocycles. The molecule has 1 aromatic carbocycles. The van der Waals surface area contributed by atoms with Crippen molar-refractivity contribution < 1.29 is 14.0 Å². The van der Waals surface area contributed by atoms with Crippen molar-refractivity contribution in [2.45, 2.75) is 33.2 Å². The molecule has 2 amide bonds. The van der Waals surface area contributed by atoms with E-state index in [0.717, 1.165) is 29.1 Å². The minimum absolute atomic E-state index is 0.0846. The van der Waals surface area contributed by atoms with E-state index in [-0.39, 0.29) is 17.4 Å². The quantitative estimate of drug-likeness (QED) is 0.687. The molecule has 0 atom stereocenters. The van der Waals surface area contributed by atoms with Gasteiger partial charge in [-0.05, 0) is 55.7 Å². The lowest BCUT2D eigenvalue weighted by atomic mass is 9.99. The molecular formula is C24H26FN5O2. The Bertz CT molecular complexity index is 1230. The second kappa shape index (κ2) is 8.02. The fourth-order valence-corrected chi connectivity index (χ4v) is 4.56. The Morgan fingerprint density at radius 3 is 2.69 bits per heavy atom. The first-order valence-electron chi connectivity index (χ1n) is 11.0. The van der Waals surface area contributed by atoms with Crippen LogP contribution < -0.4 is 5.32 Å². The molecule has 0 aliphatic carbocycles. The molecule has 0 saturated carbocycles. The molecule has 0 radical (unpaired) electrons. The fraction of sp³-hybridized carbons (Fsp3) is 0.375. The summed E-state index contributed by atoms with van der Waals surface area (Å²) >= 11 is 0. The number of nitrogens with one attached hydrogen (secondary N) is 1. The summed E-state index contributed by atoms with van der Waals surface area (Å²) in [5.41, 5.74) is 5.66. The third kappa shape index (κ3) is 3.75. The van der Waals surface area contributed by atoms with Crippen molar-refractivity contribution in [1.29, 1.82) is 0 Å². The van der Waals surface area contributed by atoms with Crippen LogP contribution in [0.2, 0.25) is 0 Å². The Labute approximate surface area is 185 Å². The zero-order valence-electron chi connectivity index (χ0n) is 18.3. The summed E-state index contributed by atoms with van der Waals surface area (Å²) in [5, 5.41) is 2.68. The molecule has 1 fully saturated rings.